The van der Waals surface area contributed by atoms with E-state index in [4.69, 9.17) is 9.84 Å². The lowest BCUT2D eigenvalue weighted by molar-refractivity contribution is -0.131. The molecule has 0 bridgehead atoms. The number of aliphatic carboxylic acids is 1. The molecule has 2 N–H and O–H groups in total. The second kappa shape index (κ2) is 7.04. The molecular weight excluding hydrogens is 270 g/mol. The molecule has 1 fully saturated rings. The highest BCUT2D eigenvalue weighted by molar-refractivity contribution is 5.92. The summed E-state index contributed by atoms with van der Waals surface area (Å²) in [5.74, 6) is -1.08. The molecule has 1 atom stereocenters. The fourth-order valence-corrected chi connectivity index (χ4v) is 2.26. The average molecular weight is 289 g/mol. The van der Waals surface area contributed by atoms with Crippen molar-refractivity contribution < 1.29 is 19.4 Å². The van der Waals surface area contributed by atoms with E-state index in [1.54, 1.807) is 6.07 Å². The van der Waals surface area contributed by atoms with Gasteiger partial charge in [0.1, 0.15) is 0 Å². The number of carboxylic acid groups (broad SMARTS) is 1. The summed E-state index contributed by atoms with van der Waals surface area (Å²) in [5, 5.41) is 11.5. The maximum absolute atomic E-state index is 12.0. The molecular formula is C16H19NO4. The van der Waals surface area contributed by atoms with Crippen LogP contribution in [-0.4, -0.2) is 29.7 Å². The minimum Gasteiger partial charge on any atom is -0.478 e. The molecule has 0 saturated carbocycles. The fraction of sp³-hybridized carbons (Fsp3) is 0.375. The van der Waals surface area contributed by atoms with Crippen LogP contribution in [0.1, 0.15) is 30.4 Å². The molecule has 1 aliphatic heterocycles. The van der Waals surface area contributed by atoms with E-state index >= 15 is 0 Å². The number of carbonyl (C=O) groups excluding carboxylic acids is 1. The van der Waals surface area contributed by atoms with Gasteiger partial charge in [-0.1, -0.05) is 12.1 Å². The highest BCUT2D eigenvalue weighted by Crippen LogP contribution is 2.20. The summed E-state index contributed by atoms with van der Waals surface area (Å²) in [7, 11) is 0. The van der Waals surface area contributed by atoms with Crippen LogP contribution in [0.3, 0.4) is 0 Å². The predicted molar refractivity (Wildman–Crippen MR) is 80.1 cm³/mol. The Balaban J connectivity index is 2.02. The summed E-state index contributed by atoms with van der Waals surface area (Å²) in [6.07, 6.45) is 4.87. The number of hydrogen-bond acceptors (Lipinski definition) is 3. The van der Waals surface area contributed by atoms with Crippen molar-refractivity contribution in [2.24, 2.45) is 0 Å². The van der Waals surface area contributed by atoms with Gasteiger partial charge in [-0.05, 0) is 43.0 Å². The van der Waals surface area contributed by atoms with Crippen molar-refractivity contribution in [2.75, 3.05) is 11.9 Å². The Morgan fingerprint density at radius 3 is 2.95 bits per heavy atom. The molecule has 1 heterocycles. The van der Waals surface area contributed by atoms with Crippen LogP contribution in [0, 0.1) is 6.92 Å². The van der Waals surface area contributed by atoms with Crippen LogP contribution < -0.4 is 5.32 Å². The Hall–Kier alpha value is -2.14. The first-order valence-corrected chi connectivity index (χ1v) is 6.97. The van der Waals surface area contributed by atoms with Gasteiger partial charge < -0.3 is 15.2 Å². The van der Waals surface area contributed by atoms with Gasteiger partial charge >= 0.3 is 5.97 Å². The first kappa shape index (κ1) is 15.3. The van der Waals surface area contributed by atoms with Crippen molar-refractivity contribution in [2.45, 2.75) is 32.3 Å². The lowest BCUT2D eigenvalue weighted by atomic mass is 10.1. The Bertz CT molecular complexity index is 559. The Kier molecular flexibility index (Phi) is 5.11. The number of ether oxygens (including phenoxy) is 1. The standard InChI is InChI=1S/C16H19NO4/c1-11-4-5-12(6-7-16(19)20)9-14(11)17-15(18)10-13-3-2-8-21-13/h4-7,9,13H,2-3,8,10H2,1H3,(H,17,18)(H,19,20). The zero-order chi connectivity index (χ0) is 15.2. The first-order chi connectivity index (χ1) is 10.0. The van der Waals surface area contributed by atoms with Gasteiger partial charge in [-0.2, -0.15) is 0 Å². The van der Waals surface area contributed by atoms with E-state index in [-0.39, 0.29) is 12.0 Å². The Morgan fingerprint density at radius 2 is 2.29 bits per heavy atom. The SMILES string of the molecule is Cc1ccc(C=CC(=O)O)cc1NC(=O)CC1CCCO1. The van der Waals surface area contributed by atoms with Crippen molar-refractivity contribution in [3.63, 3.8) is 0 Å². The van der Waals surface area contributed by atoms with Gasteiger partial charge in [0.15, 0.2) is 0 Å². The molecule has 5 nitrogen and oxygen atoms in total. The molecule has 1 aliphatic rings. The molecule has 1 aromatic carbocycles. The zero-order valence-electron chi connectivity index (χ0n) is 12.0. The Morgan fingerprint density at radius 1 is 1.48 bits per heavy atom. The summed E-state index contributed by atoms with van der Waals surface area (Å²) in [4.78, 5) is 22.5. The maximum atomic E-state index is 12.0. The number of amides is 1. The van der Waals surface area contributed by atoms with Crippen molar-refractivity contribution in [3.8, 4) is 0 Å². The normalized spacial score (nSPS) is 18.0. The van der Waals surface area contributed by atoms with E-state index < -0.39 is 5.97 Å². The van der Waals surface area contributed by atoms with E-state index in [2.05, 4.69) is 5.32 Å². The molecule has 5 heteroatoms. The van der Waals surface area contributed by atoms with Crippen LogP contribution >= 0.6 is 0 Å². The van der Waals surface area contributed by atoms with Gasteiger partial charge in [0.25, 0.3) is 0 Å². The van der Waals surface area contributed by atoms with Gasteiger partial charge in [0.05, 0.1) is 12.5 Å². The topological polar surface area (TPSA) is 75.6 Å². The quantitative estimate of drug-likeness (QED) is 0.817. The van der Waals surface area contributed by atoms with E-state index in [0.717, 1.165) is 36.7 Å². The third kappa shape index (κ3) is 4.72. The lowest BCUT2D eigenvalue weighted by Gasteiger charge is -2.12. The highest BCUT2D eigenvalue weighted by atomic mass is 16.5. The van der Waals surface area contributed by atoms with Crippen LogP contribution in [0.25, 0.3) is 6.08 Å². The van der Waals surface area contributed by atoms with Crippen molar-refractivity contribution in [1.82, 2.24) is 0 Å². The molecule has 2 rings (SSSR count). The number of rotatable bonds is 5. The van der Waals surface area contributed by atoms with Gasteiger partial charge in [-0.3, -0.25) is 4.79 Å². The number of aryl methyl sites for hydroxylation is 1. The maximum Gasteiger partial charge on any atom is 0.328 e. The van der Waals surface area contributed by atoms with Gasteiger partial charge in [0, 0.05) is 18.4 Å². The summed E-state index contributed by atoms with van der Waals surface area (Å²) in [6.45, 7) is 2.62. The molecule has 0 spiro atoms. The number of carboxylic acids is 1. The van der Waals surface area contributed by atoms with Crippen molar-refractivity contribution in [3.05, 3.63) is 35.4 Å². The third-order valence-corrected chi connectivity index (χ3v) is 3.39. The van der Waals surface area contributed by atoms with E-state index in [0.29, 0.717) is 12.1 Å². The average Bonchev–Trinajstić information content (AvgIpc) is 2.92. The number of carbonyl (C=O) groups is 2. The molecule has 0 aliphatic carbocycles. The second-order valence-electron chi connectivity index (χ2n) is 5.13. The smallest absolute Gasteiger partial charge is 0.328 e. The molecule has 1 aromatic rings. The second-order valence-corrected chi connectivity index (χ2v) is 5.13. The predicted octanol–water partition coefficient (Wildman–Crippen LogP) is 2.60. The number of nitrogens with one attached hydrogen (secondary N) is 1. The van der Waals surface area contributed by atoms with Crippen LogP contribution in [-0.2, 0) is 14.3 Å². The van der Waals surface area contributed by atoms with E-state index in [1.807, 2.05) is 19.1 Å². The number of hydrogen-bond donors (Lipinski definition) is 2. The van der Waals surface area contributed by atoms with Crippen LogP contribution in [0.15, 0.2) is 24.3 Å². The number of anilines is 1. The molecule has 21 heavy (non-hydrogen) atoms. The van der Waals surface area contributed by atoms with Crippen LogP contribution in [0.5, 0.6) is 0 Å². The highest BCUT2D eigenvalue weighted by Gasteiger charge is 2.19. The van der Waals surface area contributed by atoms with Crippen molar-refractivity contribution >= 4 is 23.6 Å². The van der Waals surface area contributed by atoms with E-state index in [9.17, 15) is 9.59 Å². The van der Waals surface area contributed by atoms with Gasteiger partial charge in [0.2, 0.25) is 5.91 Å². The van der Waals surface area contributed by atoms with Crippen molar-refractivity contribution in [1.29, 1.82) is 0 Å². The largest absolute Gasteiger partial charge is 0.478 e. The summed E-state index contributed by atoms with van der Waals surface area (Å²) in [6, 6.07) is 5.43. The molecule has 1 saturated heterocycles. The van der Waals surface area contributed by atoms with E-state index in [1.165, 1.54) is 6.08 Å². The molecule has 0 radical (unpaired) electrons. The molecule has 112 valence electrons. The Labute approximate surface area is 123 Å². The molecule has 1 unspecified atom stereocenters. The lowest BCUT2D eigenvalue weighted by Crippen LogP contribution is -2.19. The zero-order valence-corrected chi connectivity index (χ0v) is 12.0. The third-order valence-electron chi connectivity index (χ3n) is 3.39. The summed E-state index contributed by atoms with van der Waals surface area (Å²) < 4.78 is 5.44. The minimum absolute atomic E-state index is 0.0143. The van der Waals surface area contributed by atoms with Gasteiger partial charge in [-0.15, -0.1) is 0 Å². The van der Waals surface area contributed by atoms with Crippen LogP contribution in [0.4, 0.5) is 5.69 Å². The minimum atomic E-state index is -1.00. The van der Waals surface area contributed by atoms with Gasteiger partial charge in [-0.25, -0.2) is 4.79 Å². The summed E-state index contributed by atoms with van der Waals surface area (Å²) >= 11 is 0. The number of benzene rings is 1. The van der Waals surface area contributed by atoms with Crippen LogP contribution in [0.2, 0.25) is 0 Å². The molecule has 0 aromatic heterocycles. The summed E-state index contributed by atoms with van der Waals surface area (Å²) in [5.41, 5.74) is 2.36. The monoisotopic (exact) mass is 289 g/mol. The molecule has 1 amide bonds. The first-order valence-electron chi connectivity index (χ1n) is 6.97. The fourth-order valence-electron chi connectivity index (χ4n) is 2.26.